The van der Waals surface area contributed by atoms with Gasteiger partial charge in [-0.1, -0.05) is 320 Å². The van der Waals surface area contributed by atoms with E-state index in [-0.39, 0.29) is 18.5 Å². The summed E-state index contributed by atoms with van der Waals surface area (Å²) in [6.07, 6.45) is 84.9. The molecule has 0 fully saturated rings. The SMILES string of the molecule is CCCCCCCCC/C=C\CCCCCCCC(=O)OCCCCCCCCCCCC/C=C\CCCCCCCCCC(=O)NC(CO)C(O)/C=C/CCCCCCCCCCCCCCCCCCCCCCC. The smallest absolute Gasteiger partial charge is 0.305 e. The summed E-state index contributed by atoms with van der Waals surface area (Å²) in [6.45, 7) is 4.92. The molecule has 6 heteroatoms. The molecule has 0 spiro atoms. The van der Waals surface area contributed by atoms with E-state index in [0.717, 1.165) is 51.4 Å². The van der Waals surface area contributed by atoms with Gasteiger partial charge in [0, 0.05) is 12.8 Å². The lowest BCUT2D eigenvalue weighted by atomic mass is 10.0. The molecule has 0 bridgehead atoms. The topological polar surface area (TPSA) is 95.9 Å². The van der Waals surface area contributed by atoms with Crippen molar-refractivity contribution in [2.75, 3.05) is 13.2 Å². The van der Waals surface area contributed by atoms with Gasteiger partial charge in [-0.15, -0.1) is 0 Å². The minimum absolute atomic E-state index is 0.000773. The van der Waals surface area contributed by atoms with Gasteiger partial charge in [0.2, 0.25) is 5.91 Å². The molecule has 2 unspecified atom stereocenters. The Hall–Kier alpha value is -1.92. The van der Waals surface area contributed by atoms with E-state index in [2.05, 4.69) is 43.5 Å². The molecule has 0 heterocycles. The van der Waals surface area contributed by atoms with Crippen LogP contribution < -0.4 is 5.32 Å². The summed E-state index contributed by atoms with van der Waals surface area (Å²) < 4.78 is 5.49. The molecular formula is C71H135NO5. The number of ether oxygens (including phenoxy) is 1. The zero-order chi connectivity index (χ0) is 55.7. The molecule has 0 radical (unpaired) electrons. The highest BCUT2D eigenvalue weighted by Gasteiger charge is 2.18. The number of aliphatic hydroxyl groups is 2. The van der Waals surface area contributed by atoms with Crippen LogP contribution in [0.25, 0.3) is 0 Å². The zero-order valence-electron chi connectivity index (χ0n) is 52.0. The predicted octanol–water partition coefficient (Wildman–Crippen LogP) is 22.3. The van der Waals surface area contributed by atoms with Crippen LogP contribution in [0.15, 0.2) is 36.5 Å². The Morgan fingerprint density at radius 1 is 0.351 bits per heavy atom. The number of carbonyl (C=O) groups is 2. The molecule has 0 aromatic rings. The van der Waals surface area contributed by atoms with Crippen molar-refractivity contribution >= 4 is 11.9 Å². The largest absolute Gasteiger partial charge is 0.466 e. The second-order valence-electron chi connectivity index (χ2n) is 23.9. The fourth-order valence-electron chi connectivity index (χ4n) is 10.8. The van der Waals surface area contributed by atoms with E-state index in [1.165, 1.54) is 302 Å². The molecule has 0 aliphatic heterocycles. The molecule has 0 aliphatic rings. The van der Waals surface area contributed by atoms with Gasteiger partial charge >= 0.3 is 5.97 Å². The number of carbonyl (C=O) groups excluding carboxylic acids is 2. The third kappa shape index (κ3) is 63.1. The Balaban J connectivity index is 3.45. The molecule has 0 saturated carbocycles. The maximum atomic E-state index is 12.5. The quantitative estimate of drug-likeness (QED) is 0.0320. The van der Waals surface area contributed by atoms with E-state index in [4.69, 9.17) is 4.74 Å². The first-order chi connectivity index (χ1) is 38.0. The fourth-order valence-corrected chi connectivity index (χ4v) is 10.8. The summed E-state index contributed by atoms with van der Waals surface area (Å²) in [5, 5.41) is 23.3. The molecule has 3 N–H and O–H groups in total. The van der Waals surface area contributed by atoms with E-state index in [1.807, 2.05) is 6.08 Å². The van der Waals surface area contributed by atoms with Gasteiger partial charge < -0.3 is 20.3 Å². The number of esters is 1. The molecule has 0 aromatic heterocycles. The summed E-state index contributed by atoms with van der Waals surface area (Å²) >= 11 is 0. The number of hydrogen-bond acceptors (Lipinski definition) is 5. The molecule has 6 nitrogen and oxygen atoms in total. The Morgan fingerprint density at radius 2 is 0.610 bits per heavy atom. The highest BCUT2D eigenvalue weighted by molar-refractivity contribution is 5.76. The number of amides is 1. The number of hydrogen-bond donors (Lipinski definition) is 3. The van der Waals surface area contributed by atoms with E-state index in [0.29, 0.717) is 19.4 Å². The first-order valence-corrected chi connectivity index (χ1v) is 34.8. The number of allylic oxidation sites excluding steroid dienone is 5. The van der Waals surface area contributed by atoms with Crippen molar-refractivity contribution in [2.45, 2.75) is 392 Å². The molecule has 0 aromatic carbocycles. The lowest BCUT2D eigenvalue weighted by molar-refractivity contribution is -0.143. The van der Waals surface area contributed by atoms with Gasteiger partial charge in [0.1, 0.15) is 0 Å². The third-order valence-electron chi connectivity index (χ3n) is 16.1. The molecule has 77 heavy (non-hydrogen) atoms. The van der Waals surface area contributed by atoms with Crippen molar-refractivity contribution in [3.63, 3.8) is 0 Å². The Labute approximate surface area is 481 Å². The maximum Gasteiger partial charge on any atom is 0.305 e. The number of rotatable bonds is 65. The number of unbranched alkanes of at least 4 members (excludes halogenated alkanes) is 50. The predicted molar refractivity (Wildman–Crippen MR) is 338 cm³/mol. The summed E-state index contributed by atoms with van der Waals surface area (Å²) in [5.74, 6) is -0.0716. The van der Waals surface area contributed by atoms with Crippen LogP contribution in [0, 0.1) is 0 Å². The summed E-state index contributed by atoms with van der Waals surface area (Å²) in [6, 6.07) is -0.635. The maximum absolute atomic E-state index is 12.5. The monoisotopic (exact) mass is 1080 g/mol. The van der Waals surface area contributed by atoms with Gasteiger partial charge in [0.15, 0.2) is 0 Å². The van der Waals surface area contributed by atoms with Gasteiger partial charge in [-0.25, -0.2) is 0 Å². The van der Waals surface area contributed by atoms with Crippen LogP contribution in [0.1, 0.15) is 380 Å². The normalized spacial score (nSPS) is 12.7. The van der Waals surface area contributed by atoms with Crippen LogP contribution in [-0.4, -0.2) is 47.4 Å². The van der Waals surface area contributed by atoms with Crippen molar-refractivity contribution in [1.82, 2.24) is 5.32 Å². The van der Waals surface area contributed by atoms with Crippen LogP contribution in [0.4, 0.5) is 0 Å². The van der Waals surface area contributed by atoms with Crippen LogP contribution in [0.2, 0.25) is 0 Å². The molecule has 0 saturated heterocycles. The second kappa shape index (κ2) is 66.6. The van der Waals surface area contributed by atoms with Crippen molar-refractivity contribution in [1.29, 1.82) is 0 Å². The fraction of sp³-hybridized carbons (Fsp3) is 0.887. The van der Waals surface area contributed by atoms with Crippen molar-refractivity contribution in [3.05, 3.63) is 36.5 Å². The van der Waals surface area contributed by atoms with Gasteiger partial charge in [0.05, 0.1) is 25.4 Å². The van der Waals surface area contributed by atoms with E-state index in [9.17, 15) is 19.8 Å². The van der Waals surface area contributed by atoms with Gasteiger partial charge in [-0.3, -0.25) is 9.59 Å². The second-order valence-corrected chi connectivity index (χ2v) is 23.9. The van der Waals surface area contributed by atoms with Gasteiger partial charge in [-0.05, 0) is 83.5 Å². The van der Waals surface area contributed by atoms with Gasteiger partial charge in [-0.2, -0.15) is 0 Å². The first-order valence-electron chi connectivity index (χ1n) is 34.8. The minimum Gasteiger partial charge on any atom is -0.466 e. The van der Waals surface area contributed by atoms with Crippen LogP contribution in [0.3, 0.4) is 0 Å². The van der Waals surface area contributed by atoms with Gasteiger partial charge in [0.25, 0.3) is 0 Å². The standard InChI is InChI=1S/C71H135NO5/c1-3-5-7-9-11-13-15-17-19-21-22-23-24-26-29-32-35-39-43-47-51-55-59-63-69(74)68(67-73)72-70(75)64-60-56-52-48-44-40-36-33-30-27-25-28-31-34-38-42-46-50-54-58-62-66-77-71(76)65-61-57-53-49-45-41-37-20-18-16-14-12-10-8-6-4-2/h20,27,30,37,59,63,68-69,73-74H,3-19,21-26,28-29,31-36,38-58,60-62,64-67H2,1-2H3,(H,72,75)/b30-27-,37-20-,63-59+. The molecule has 1 amide bonds. The number of aliphatic hydroxyl groups excluding tert-OH is 2. The Kier molecular flexibility index (Phi) is 64.9. The highest BCUT2D eigenvalue weighted by atomic mass is 16.5. The van der Waals surface area contributed by atoms with E-state index >= 15 is 0 Å². The minimum atomic E-state index is -0.851. The van der Waals surface area contributed by atoms with E-state index in [1.54, 1.807) is 6.08 Å². The molecule has 0 aliphatic carbocycles. The summed E-state index contributed by atoms with van der Waals surface area (Å²) in [5.41, 5.74) is 0. The average molecular weight is 1080 g/mol. The Bertz CT molecular complexity index is 1250. The first kappa shape index (κ1) is 75.1. The lowest BCUT2D eigenvalue weighted by Crippen LogP contribution is -2.45. The molecule has 454 valence electrons. The third-order valence-corrected chi connectivity index (χ3v) is 16.1. The highest BCUT2D eigenvalue weighted by Crippen LogP contribution is 2.18. The molecule has 2 atom stereocenters. The van der Waals surface area contributed by atoms with Crippen molar-refractivity contribution in [3.8, 4) is 0 Å². The number of nitrogens with one attached hydrogen (secondary N) is 1. The van der Waals surface area contributed by atoms with Crippen LogP contribution in [-0.2, 0) is 14.3 Å². The summed E-state index contributed by atoms with van der Waals surface area (Å²) in [4.78, 5) is 24.6. The summed E-state index contributed by atoms with van der Waals surface area (Å²) in [7, 11) is 0. The van der Waals surface area contributed by atoms with Crippen molar-refractivity contribution in [2.24, 2.45) is 0 Å². The lowest BCUT2D eigenvalue weighted by Gasteiger charge is -2.20. The van der Waals surface area contributed by atoms with Crippen molar-refractivity contribution < 1.29 is 24.5 Å². The molecule has 0 rings (SSSR count). The Morgan fingerprint density at radius 3 is 0.922 bits per heavy atom. The van der Waals surface area contributed by atoms with Crippen LogP contribution >= 0.6 is 0 Å². The van der Waals surface area contributed by atoms with Crippen LogP contribution in [0.5, 0.6) is 0 Å². The van der Waals surface area contributed by atoms with E-state index < -0.39 is 12.1 Å². The average Bonchev–Trinajstić information content (AvgIpc) is 3.43. The zero-order valence-corrected chi connectivity index (χ0v) is 52.0. The molecular weight excluding hydrogens is 947 g/mol.